The van der Waals surface area contributed by atoms with Crippen molar-refractivity contribution in [1.29, 1.82) is 0 Å². The number of hydrogen-bond donors (Lipinski definition) is 7. The van der Waals surface area contributed by atoms with Gasteiger partial charge in [-0.15, -0.1) is 0 Å². The first-order valence-corrected chi connectivity index (χ1v) is 12.8. The van der Waals surface area contributed by atoms with Gasteiger partial charge in [0.25, 0.3) is 0 Å². The molecule has 1 saturated heterocycles. The van der Waals surface area contributed by atoms with Crippen molar-refractivity contribution in [1.82, 2.24) is 30.5 Å². The fraction of sp³-hybridized carbons (Fsp3) is 0.423. The highest BCUT2D eigenvalue weighted by molar-refractivity contribution is 5.95. The maximum Gasteiger partial charge on any atom is 0.328 e. The van der Waals surface area contributed by atoms with Gasteiger partial charge in [0, 0.05) is 48.4 Å². The summed E-state index contributed by atoms with van der Waals surface area (Å²) in [7, 11) is 0. The van der Waals surface area contributed by atoms with Crippen LogP contribution in [0.4, 0.5) is 0 Å². The molecule has 8 N–H and O–H groups in total. The van der Waals surface area contributed by atoms with Crippen LogP contribution in [0.3, 0.4) is 0 Å². The van der Waals surface area contributed by atoms with E-state index in [-0.39, 0.29) is 19.4 Å². The minimum atomic E-state index is -1.52. The van der Waals surface area contributed by atoms with E-state index in [1.165, 1.54) is 18.2 Å². The molecule has 2 aromatic heterocycles. The van der Waals surface area contributed by atoms with Crippen LogP contribution in [0.5, 0.6) is 0 Å². The quantitative estimate of drug-likeness (QED) is 0.167. The average Bonchev–Trinajstić information content (AvgIpc) is 3.67. The highest BCUT2D eigenvalue weighted by atomic mass is 16.4. The highest BCUT2D eigenvalue weighted by Gasteiger charge is 2.40. The Kier molecular flexibility index (Phi) is 8.62. The summed E-state index contributed by atoms with van der Waals surface area (Å²) in [5, 5.41) is 25.1. The van der Waals surface area contributed by atoms with Crippen molar-refractivity contribution in [2.24, 2.45) is 5.73 Å². The van der Waals surface area contributed by atoms with Crippen LogP contribution in [0.2, 0.25) is 0 Å². The number of imidazole rings is 1. The molecule has 5 atom stereocenters. The summed E-state index contributed by atoms with van der Waals surface area (Å²) < 4.78 is 0. The molecule has 0 bridgehead atoms. The van der Waals surface area contributed by atoms with Gasteiger partial charge in [0.05, 0.1) is 18.5 Å². The summed E-state index contributed by atoms with van der Waals surface area (Å²) in [4.78, 5) is 62.7. The molecule has 0 saturated carbocycles. The number of carboxylic acids is 1. The highest BCUT2D eigenvalue weighted by Crippen LogP contribution is 2.23. The van der Waals surface area contributed by atoms with Gasteiger partial charge < -0.3 is 41.4 Å². The zero-order chi connectivity index (χ0) is 28.1. The van der Waals surface area contributed by atoms with Gasteiger partial charge in [-0.25, -0.2) is 9.78 Å². The topological polar surface area (TPSA) is 207 Å². The molecule has 0 aliphatic carbocycles. The van der Waals surface area contributed by atoms with Crippen molar-refractivity contribution < 1.29 is 29.4 Å². The smallest absolute Gasteiger partial charge is 0.328 e. The molecule has 13 heteroatoms. The van der Waals surface area contributed by atoms with E-state index in [4.69, 9.17) is 5.73 Å². The van der Waals surface area contributed by atoms with Crippen LogP contribution in [-0.4, -0.2) is 90.6 Å². The molecular weight excluding hydrogens is 506 g/mol. The van der Waals surface area contributed by atoms with Gasteiger partial charge >= 0.3 is 5.97 Å². The molecular formula is C26H33N7O6. The number of benzene rings is 1. The summed E-state index contributed by atoms with van der Waals surface area (Å²) in [5.41, 5.74) is 8.46. The first kappa shape index (κ1) is 27.8. The van der Waals surface area contributed by atoms with E-state index in [2.05, 4.69) is 25.6 Å². The third kappa shape index (κ3) is 6.44. The lowest BCUT2D eigenvalue weighted by atomic mass is 10.0. The first-order valence-electron chi connectivity index (χ1n) is 12.8. The largest absolute Gasteiger partial charge is 0.480 e. The van der Waals surface area contributed by atoms with Crippen molar-refractivity contribution in [3.8, 4) is 0 Å². The monoisotopic (exact) mass is 539 g/mol. The maximum atomic E-state index is 13.8. The lowest BCUT2D eigenvalue weighted by Gasteiger charge is -2.30. The lowest BCUT2D eigenvalue weighted by Crippen LogP contribution is -2.58. The Labute approximate surface area is 224 Å². The number of carbonyl (C=O) groups is 4. The van der Waals surface area contributed by atoms with E-state index < -0.39 is 54.0 Å². The lowest BCUT2D eigenvalue weighted by molar-refractivity contribution is -0.147. The number of nitrogens with two attached hydrogens (primary N) is 1. The number of amides is 3. The van der Waals surface area contributed by atoms with Crippen LogP contribution in [0, 0.1) is 0 Å². The van der Waals surface area contributed by atoms with Crippen LogP contribution >= 0.6 is 0 Å². The Morgan fingerprint density at radius 1 is 1.18 bits per heavy atom. The number of rotatable bonds is 11. The summed E-state index contributed by atoms with van der Waals surface area (Å²) in [6, 6.07) is 3.10. The molecule has 208 valence electrons. The SMILES string of the molecule is CC(O)C(NC(=O)C1CCCN1C(=O)C(Cc1c[nH]c2ccccc12)NC(=O)C(N)Cc1cnc[nH]1)C(=O)O. The van der Waals surface area contributed by atoms with Crippen LogP contribution in [-0.2, 0) is 32.0 Å². The van der Waals surface area contributed by atoms with Gasteiger partial charge in [0.2, 0.25) is 17.7 Å². The summed E-state index contributed by atoms with van der Waals surface area (Å²) in [6.45, 7) is 1.51. The molecule has 39 heavy (non-hydrogen) atoms. The summed E-state index contributed by atoms with van der Waals surface area (Å²) in [6.07, 6.45) is 4.64. The van der Waals surface area contributed by atoms with Gasteiger partial charge in [0.1, 0.15) is 12.1 Å². The Morgan fingerprint density at radius 2 is 1.95 bits per heavy atom. The molecule has 3 amide bonds. The molecule has 0 spiro atoms. The van der Waals surface area contributed by atoms with E-state index >= 15 is 0 Å². The first-order chi connectivity index (χ1) is 18.7. The number of H-pyrrole nitrogens is 2. The fourth-order valence-corrected chi connectivity index (χ4v) is 4.87. The number of fused-ring (bicyclic) bond motifs is 1. The Morgan fingerprint density at radius 3 is 2.64 bits per heavy atom. The van der Waals surface area contributed by atoms with Crippen molar-refractivity contribution in [3.63, 3.8) is 0 Å². The van der Waals surface area contributed by atoms with Gasteiger partial charge in [-0.05, 0) is 31.4 Å². The van der Waals surface area contributed by atoms with Crippen LogP contribution in [0.25, 0.3) is 10.9 Å². The minimum absolute atomic E-state index is 0.141. The number of likely N-dealkylation sites (tertiary alicyclic amines) is 1. The van der Waals surface area contributed by atoms with Crippen molar-refractivity contribution in [2.45, 2.75) is 62.9 Å². The van der Waals surface area contributed by atoms with Crippen molar-refractivity contribution >= 4 is 34.6 Å². The van der Waals surface area contributed by atoms with E-state index in [1.807, 2.05) is 24.3 Å². The number of hydrogen-bond acceptors (Lipinski definition) is 7. The summed E-state index contributed by atoms with van der Waals surface area (Å²) >= 11 is 0. The molecule has 0 radical (unpaired) electrons. The number of nitrogens with zero attached hydrogens (tertiary/aromatic N) is 2. The normalized spacial score (nSPS) is 18.3. The Bertz CT molecular complexity index is 1320. The number of aliphatic hydroxyl groups is 1. The van der Waals surface area contributed by atoms with Crippen LogP contribution in [0.1, 0.15) is 31.0 Å². The number of aromatic nitrogens is 3. The Balaban J connectivity index is 1.55. The van der Waals surface area contributed by atoms with Crippen LogP contribution < -0.4 is 16.4 Å². The molecule has 4 rings (SSSR count). The predicted molar refractivity (Wildman–Crippen MR) is 140 cm³/mol. The minimum Gasteiger partial charge on any atom is -0.480 e. The third-order valence-electron chi connectivity index (χ3n) is 6.93. The van der Waals surface area contributed by atoms with Gasteiger partial charge in [-0.2, -0.15) is 0 Å². The van der Waals surface area contributed by atoms with Crippen LogP contribution in [0.15, 0.2) is 43.0 Å². The maximum absolute atomic E-state index is 13.8. The second-order valence-corrected chi connectivity index (χ2v) is 9.77. The molecule has 1 aliphatic heterocycles. The molecule has 3 aromatic rings. The number of nitrogens with one attached hydrogen (secondary N) is 4. The van der Waals surface area contributed by atoms with E-state index in [0.29, 0.717) is 18.5 Å². The van der Waals surface area contributed by atoms with E-state index in [1.54, 1.807) is 12.4 Å². The molecule has 1 fully saturated rings. The number of para-hydroxylation sites is 1. The van der Waals surface area contributed by atoms with Crippen molar-refractivity contribution in [2.75, 3.05) is 6.54 Å². The second-order valence-electron chi connectivity index (χ2n) is 9.77. The van der Waals surface area contributed by atoms with Gasteiger partial charge in [0.15, 0.2) is 6.04 Å². The van der Waals surface area contributed by atoms with Gasteiger partial charge in [-0.3, -0.25) is 14.4 Å². The number of aromatic amines is 2. The zero-order valence-corrected chi connectivity index (χ0v) is 21.5. The molecule has 1 aliphatic rings. The van der Waals surface area contributed by atoms with E-state index in [0.717, 1.165) is 16.5 Å². The number of aliphatic hydroxyl groups excluding tert-OH is 1. The number of carboxylic acid groups (broad SMARTS) is 1. The number of aliphatic carboxylic acids is 1. The zero-order valence-electron chi connectivity index (χ0n) is 21.5. The van der Waals surface area contributed by atoms with Crippen molar-refractivity contribution in [3.05, 3.63) is 54.2 Å². The standard InChI is InChI=1S/C26H33N7O6/c1-14(34)22(26(38)39)32-24(36)21-7-4-8-33(21)25(37)20(9-15-11-29-19-6-3-2-5-17(15)19)31-23(35)18(27)10-16-12-28-13-30-16/h2-3,5-6,11-14,18,20-22,29,34H,4,7-10,27H2,1H3,(H,28,30)(H,31,35)(H,32,36)(H,38,39). The fourth-order valence-electron chi connectivity index (χ4n) is 4.87. The van der Waals surface area contributed by atoms with E-state index in [9.17, 15) is 29.4 Å². The summed E-state index contributed by atoms with van der Waals surface area (Å²) in [5.74, 6) is -3.08. The molecule has 1 aromatic carbocycles. The predicted octanol–water partition coefficient (Wildman–Crippen LogP) is -0.570. The number of carbonyl (C=O) groups excluding carboxylic acids is 3. The molecule has 3 heterocycles. The third-order valence-corrected chi connectivity index (χ3v) is 6.93. The molecule has 13 nitrogen and oxygen atoms in total. The molecule has 5 unspecified atom stereocenters. The van der Waals surface area contributed by atoms with Gasteiger partial charge in [-0.1, -0.05) is 18.2 Å². The Hall–Kier alpha value is -4.23. The second kappa shape index (κ2) is 12.1. The average molecular weight is 540 g/mol.